The van der Waals surface area contributed by atoms with E-state index in [4.69, 9.17) is 10.6 Å². The van der Waals surface area contributed by atoms with Gasteiger partial charge in [0, 0.05) is 19.6 Å². The Morgan fingerprint density at radius 3 is 2.55 bits per heavy atom. The normalized spacial score (nSPS) is 15.4. The number of hydrazone groups is 1. The summed E-state index contributed by atoms with van der Waals surface area (Å²) < 4.78 is 34.7. The zero-order valence-electron chi connectivity index (χ0n) is 24.4. The van der Waals surface area contributed by atoms with Gasteiger partial charge in [-0.2, -0.15) is 9.41 Å². The van der Waals surface area contributed by atoms with Crippen LogP contribution in [0.5, 0.6) is 5.75 Å². The molecule has 10 nitrogen and oxygen atoms in total. The second-order valence-corrected chi connectivity index (χ2v) is 12.5. The van der Waals surface area contributed by atoms with Gasteiger partial charge < -0.3 is 20.8 Å². The number of carbonyl (C=O) groups excluding carboxylic acids is 2. The molecule has 0 saturated carbocycles. The highest BCUT2D eigenvalue weighted by Gasteiger charge is 2.42. The molecule has 2 amide bonds. The van der Waals surface area contributed by atoms with Crippen LogP contribution in [0.1, 0.15) is 23.1 Å². The third kappa shape index (κ3) is 7.07. The molecule has 3 N–H and O–H groups in total. The van der Waals surface area contributed by atoms with E-state index in [9.17, 15) is 18.0 Å². The summed E-state index contributed by atoms with van der Waals surface area (Å²) in [7, 11) is -2.68. The molecule has 5 rings (SSSR count). The van der Waals surface area contributed by atoms with Gasteiger partial charge in [-0.3, -0.25) is 9.59 Å². The van der Waals surface area contributed by atoms with Crippen LogP contribution in [0.15, 0.2) is 101 Å². The quantitative estimate of drug-likeness (QED) is 0.143. The van der Waals surface area contributed by atoms with E-state index >= 15 is 0 Å². The van der Waals surface area contributed by atoms with E-state index in [0.29, 0.717) is 30.6 Å². The number of nitrogens with one attached hydrogen (secondary N) is 1. The van der Waals surface area contributed by atoms with E-state index < -0.39 is 28.5 Å². The fraction of sp³-hybridized carbons (Fsp3) is 0.242. The third-order valence-electron chi connectivity index (χ3n) is 7.67. The van der Waals surface area contributed by atoms with Crippen molar-refractivity contribution >= 4 is 38.8 Å². The number of amides is 2. The lowest BCUT2D eigenvalue weighted by Gasteiger charge is -2.27. The fourth-order valence-electron chi connectivity index (χ4n) is 5.40. The fourth-order valence-corrected chi connectivity index (χ4v) is 7.01. The molecule has 0 radical (unpaired) electrons. The zero-order chi connectivity index (χ0) is 31.1. The molecule has 228 valence electrons. The number of carbonyl (C=O) groups is 2. The lowest BCUT2D eigenvalue weighted by Crippen LogP contribution is -2.49. The van der Waals surface area contributed by atoms with Gasteiger partial charge in [-0.25, -0.2) is 8.42 Å². The summed E-state index contributed by atoms with van der Waals surface area (Å²) in [5, 5.41) is 7.88. The number of likely N-dealkylation sites (tertiary alicyclic amines) is 1. The summed E-state index contributed by atoms with van der Waals surface area (Å²) >= 11 is 0. The van der Waals surface area contributed by atoms with E-state index in [1.54, 1.807) is 36.3 Å². The van der Waals surface area contributed by atoms with Crippen LogP contribution >= 0.6 is 0 Å². The summed E-state index contributed by atoms with van der Waals surface area (Å²) in [6.45, 7) is 0.487. The molecule has 11 heteroatoms. The Bertz CT molecular complexity index is 1780. The van der Waals surface area contributed by atoms with E-state index in [1.165, 1.54) is 12.3 Å². The molecule has 0 bridgehead atoms. The van der Waals surface area contributed by atoms with Crippen molar-refractivity contribution in [2.24, 2.45) is 10.9 Å². The maximum absolute atomic E-state index is 14.2. The minimum absolute atomic E-state index is 0.00674. The minimum Gasteiger partial charge on any atom is -0.497 e. The molecule has 1 atom stereocenters. The Hall–Kier alpha value is -4.74. The van der Waals surface area contributed by atoms with Crippen LogP contribution in [0.25, 0.3) is 10.8 Å². The summed E-state index contributed by atoms with van der Waals surface area (Å²) in [5.74, 6) is 5.11. The van der Waals surface area contributed by atoms with Crippen molar-refractivity contribution in [1.82, 2.24) is 14.5 Å². The number of fused-ring (bicyclic) bond motifs is 1. The van der Waals surface area contributed by atoms with Crippen LogP contribution in [0, 0.1) is 0 Å². The van der Waals surface area contributed by atoms with Crippen LogP contribution in [0.3, 0.4) is 0 Å². The second-order valence-electron chi connectivity index (χ2n) is 10.6. The first kappa shape index (κ1) is 30.7. The van der Waals surface area contributed by atoms with E-state index in [1.807, 2.05) is 60.7 Å². The van der Waals surface area contributed by atoms with Crippen molar-refractivity contribution in [2.75, 3.05) is 26.7 Å². The largest absolute Gasteiger partial charge is 0.497 e. The Morgan fingerprint density at radius 2 is 1.77 bits per heavy atom. The number of rotatable bonds is 12. The predicted molar refractivity (Wildman–Crippen MR) is 170 cm³/mol. The number of ether oxygens (including phenoxy) is 1. The van der Waals surface area contributed by atoms with Crippen LogP contribution in [0.2, 0.25) is 0 Å². The van der Waals surface area contributed by atoms with Crippen LogP contribution in [0.4, 0.5) is 0 Å². The number of benzene rings is 4. The van der Waals surface area contributed by atoms with Gasteiger partial charge in [0.1, 0.15) is 11.8 Å². The Labute approximate surface area is 257 Å². The lowest BCUT2D eigenvalue weighted by molar-refractivity contribution is -0.131. The first-order valence-corrected chi connectivity index (χ1v) is 15.7. The van der Waals surface area contributed by atoms with Crippen molar-refractivity contribution in [1.29, 1.82) is 0 Å². The summed E-state index contributed by atoms with van der Waals surface area (Å²) in [4.78, 5) is 28.5. The van der Waals surface area contributed by atoms with E-state index in [0.717, 1.165) is 26.4 Å². The molecule has 1 fully saturated rings. The standard InChI is InChI=1S/C33H35N5O5S/c1-43-29-12-10-28-20-30(13-11-27(28)19-29)44(41,42)38(23-32(39)35-16-14-24-6-3-2-4-7-24)31-15-17-37(33(31)40)22-26-9-5-8-25(18-26)21-36-34/h2-13,18-21,31H,14-17,22-23,34H2,1H3,(H,35,39)/t31-/m0/s1. The van der Waals surface area contributed by atoms with Crippen LogP contribution < -0.4 is 15.9 Å². The number of sulfonamides is 1. The Balaban J connectivity index is 1.39. The molecule has 4 aromatic carbocycles. The highest BCUT2D eigenvalue weighted by molar-refractivity contribution is 7.89. The molecule has 0 aliphatic carbocycles. The van der Waals surface area contributed by atoms with Gasteiger partial charge in [-0.15, -0.1) is 0 Å². The van der Waals surface area contributed by atoms with Gasteiger partial charge in [0.25, 0.3) is 0 Å². The molecule has 0 unspecified atom stereocenters. The van der Waals surface area contributed by atoms with Crippen molar-refractivity contribution in [2.45, 2.75) is 30.3 Å². The monoisotopic (exact) mass is 613 g/mol. The molecule has 1 aliphatic heterocycles. The molecule has 0 spiro atoms. The van der Waals surface area contributed by atoms with Gasteiger partial charge in [0.05, 0.1) is 24.8 Å². The lowest BCUT2D eigenvalue weighted by atomic mass is 10.1. The van der Waals surface area contributed by atoms with Crippen molar-refractivity contribution in [3.05, 3.63) is 108 Å². The minimum atomic E-state index is -4.24. The highest BCUT2D eigenvalue weighted by Crippen LogP contribution is 2.29. The van der Waals surface area contributed by atoms with Crippen LogP contribution in [-0.2, 0) is 32.6 Å². The van der Waals surface area contributed by atoms with Gasteiger partial charge in [0.2, 0.25) is 21.8 Å². The summed E-state index contributed by atoms with van der Waals surface area (Å²) in [5.41, 5.74) is 2.70. The Kier molecular flexibility index (Phi) is 9.56. The summed E-state index contributed by atoms with van der Waals surface area (Å²) in [6, 6.07) is 26.2. The smallest absolute Gasteiger partial charge is 0.244 e. The maximum Gasteiger partial charge on any atom is 0.244 e. The molecule has 4 aromatic rings. The van der Waals surface area contributed by atoms with E-state index in [2.05, 4.69) is 10.4 Å². The van der Waals surface area contributed by atoms with Gasteiger partial charge in [-0.1, -0.05) is 60.7 Å². The number of nitrogens with two attached hydrogens (primary N) is 1. The Morgan fingerprint density at radius 1 is 1.02 bits per heavy atom. The summed E-state index contributed by atoms with van der Waals surface area (Å²) in [6.07, 6.45) is 2.37. The van der Waals surface area contributed by atoms with Gasteiger partial charge in [0.15, 0.2) is 0 Å². The van der Waals surface area contributed by atoms with Gasteiger partial charge in [-0.05, 0) is 70.6 Å². The van der Waals surface area contributed by atoms with E-state index in [-0.39, 0.29) is 23.8 Å². The van der Waals surface area contributed by atoms with Crippen molar-refractivity contribution in [3.8, 4) is 5.75 Å². The first-order valence-electron chi connectivity index (χ1n) is 14.3. The average molecular weight is 614 g/mol. The number of nitrogens with zero attached hydrogens (tertiary/aromatic N) is 3. The number of hydrogen-bond acceptors (Lipinski definition) is 7. The second kappa shape index (κ2) is 13.7. The average Bonchev–Trinajstić information content (AvgIpc) is 3.38. The SMILES string of the molecule is COc1ccc2cc(S(=O)(=O)N(CC(=O)NCCc3ccccc3)[C@H]3CCN(Cc4cccc(C=NN)c4)C3=O)ccc2c1. The van der Waals surface area contributed by atoms with Crippen molar-refractivity contribution < 1.29 is 22.7 Å². The third-order valence-corrected chi connectivity index (χ3v) is 9.52. The molecular formula is C33H35N5O5S. The van der Waals surface area contributed by atoms with Crippen LogP contribution in [-0.4, -0.2) is 68.4 Å². The molecule has 44 heavy (non-hydrogen) atoms. The predicted octanol–water partition coefficient (Wildman–Crippen LogP) is 3.29. The highest BCUT2D eigenvalue weighted by atomic mass is 32.2. The zero-order valence-corrected chi connectivity index (χ0v) is 25.2. The molecule has 0 aromatic heterocycles. The topological polar surface area (TPSA) is 134 Å². The molecule has 1 heterocycles. The van der Waals surface area contributed by atoms with Gasteiger partial charge >= 0.3 is 0 Å². The first-order chi connectivity index (χ1) is 21.3. The molecular weight excluding hydrogens is 578 g/mol. The molecule has 1 saturated heterocycles. The number of methoxy groups -OCH3 is 1. The number of hydrogen-bond donors (Lipinski definition) is 2. The maximum atomic E-state index is 14.2. The van der Waals surface area contributed by atoms with Crippen molar-refractivity contribution in [3.63, 3.8) is 0 Å². The molecule has 1 aliphatic rings.